The Balaban J connectivity index is 2.75. The largest absolute Gasteiger partial charge is 0.394 e. The maximum atomic E-state index is 13.1. The lowest BCUT2D eigenvalue weighted by molar-refractivity contribution is -0.448. The summed E-state index contributed by atoms with van der Waals surface area (Å²) in [5.41, 5.74) is -3.13. The third kappa shape index (κ3) is 4.06. The summed E-state index contributed by atoms with van der Waals surface area (Å²) in [6.07, 6.45) is -11.6. The predicted octanol–water partition coefficient (Wildman–Crippen LogP) is -3.54. The van der Waals surface area contributed by atoms with E-state index in [2.05, 4.69) is 13.2 Å². The van der Waals surface area contributed by atoms with Crippen LogP contribution in [-0.2, 0) is 19.0 Å². The van der Waals surface area contributed by atoms with Gasteiger partial charge in [0.25, 0.3) is 0 Å². The van der Waals surface area contributed by atoms with E-state index < -0.39 is 85.8 Å². The molecule has 0 bridgehead atoms. The van der Waals surface area contributed by atoms with Crippen molar-refractivity contribution in [1.82, 2.24) is 0 Å². The quantitative estimate of drug-likeness (QED) is 0.123. The van der Waals surface area contributed by atoms with Crippen LogP contribution in [0.2, 0.25) is 0 Å². The maximum absolute atomic E-state index is 13.1. The zero-order chi connectivity index (χ0) is 24.6. The first-order valence-electron chi connectivity index (χ1n) is 9.94. The molecule has 0 aromatic carbocycles. The van der Waals surface area contributed by atoms with Crippen molar-refractivity contribution in [3.05, 3.63) is 24.3 Å². The highest BCUT2D eigenvalue weighted by atomic mass is 16.8. The molecular weight excluding hydrogens is 432 g/mol. The highest BCUT2D eigenvalue weighted by Crippen LogP contribution is 2.49. The van der Waals surface area contributed by atoms with Crippen LogP contribution in [0.1, 0.15) is 20.3 Å². The van der Waals surface area contributed by atoms with Crippen LogP contribution in [0.4, 0.5) is 0 Å². The molecule has 2 heterocycles. The molecule has 12 heteroatoms. The molecule has 8 N–H and O–H groups in total. The van der Waals surface area contributed by atoms with Gasteiger partial charge in [0.2, 0.25) is 17.2 Å². The van der Waals surface area contributed by atoms with E-state index in [9.17, 15) is 45.6 Å². The van der Waals surface area contributed by atoms with Gasteiger partial charge in [-0.05, 0) is 19.4 Å². The fraction of sp³-hybridized carbons (Fsp3) is 0.750. The first kappa shape index (κ1) is 27.0. The number of aliphatic hydroxyl groups excluding tert-OH is 7. The number of carbonyl (C=O) groups is 1. The molecule has 0 aromatic rings. The molecule has 0 aliphatic carbocycles. The van der Waals surface area contributed by atoms with Gasteiger partial charge in [0, 0.05) is 6.42 Å². The highest BCUT2D eigenvalue weighted by Gasteiger charge is 2.72. The number of aliphatic hydroxyl groups is 8. The third-order valence-corrected chi connectivity index (χ3v) is 5.75. The lowest BCUT2D eigenvalue weighted by Gasteiger charge is -2.56. The number of ether oxygens (including phenoxy) is 3. The maximum Gasteiger partial charge on any atom is 0.224 e. The van der Waals surface area contributed by atoms with Gasteiger partial charge in [0.15, 0.2) is 5.78 Å². The van der Waals surface area contributed by atoms with Crippen molar-refractivity contribution < 1.29 is 59.9 Å². The second kappa shape index (κ2) is 9.52. The molecule has 1 unspecified atom stereocenters. The lowest BCUT2D eigenvalue weighted by atomic mass is 9.72. The lowest BCUT2D eigenvalue weighted by Crippen LogP contribution is -2.78. The summed E-state index contributed by atoms with van der Waals surface area (Å²) in [6.45, 7) is 6.99. The molecule has 2 aliphatic rings. The Morgan fingerprint density at radius 1 is 0.938 bits per heavy atom. The Hall–Kier alpha value is -1.29. The summed E-state index contributed by atoms with van der Waals surface area (Å²) in [4.78, 5) is 13.1. The third-order valence-electron chi connectivity index (χ3n) is 5.75. The summed E-state index contributed by atoms with van der Waals surface area (Å²) >= 11 is 0. The minimum Gasteiger partial charge on any atom is -0.394 e. The van der Waals surface area contributed by atoms with E-state index in [1.165, 1.54) is 13.8 Å². The van der Waals surface area contributed by atoms with Gasteiger partial charge in [-0.3, -0.25) is 4.79 Å². The van der Waals surface area contributed by atoms with Gasteiger partial charge in [-0.1, -0.05) is 18.7 Å². The summed E-state index contributed by atoms with van der Waals surface area (Å²) in [5, 5.41) is 82.5. The Morgan fingerprint density at radius 3 is 1.84 bits per heavy atom. The Bertz CT molecular complexity index is 742. The predicted molar refractivity (Wildman–Crippen MR) is 106 cm³/mol. The van der Waals surface area contributed by atoms with Crippen LogP contribution in [0.25, 0.3) is 0 Å². The molecule has 2 fully saturated rings. The molecule has 0 spiro atoms. The van der Waals surface area contributed by atoms with Gasteiger partial charge in [-0.25, -0.2) is 0 Å². The van der Waals surface area contributed by atoms with Gasteiger partial charge in [-0.2, -0.15) is 0 Å². The number of ketones is 1. The second-order valence-electron chi connectivity index (χ2n) is 8.38. The van der Waals surface area contributed by atoms with Crippen LogP contribution < -0.4 is 0 Å². The van der Waals surface area contributed by atoms with Crippen molar-refractivity contribution in [2.45, 2.75) is 74.1 Å². The molecule has 0 saturated carbocycles. The van der Waals surface area contributed by atoms with E-state index in [1.807, 2.05) is 0 Å². The number of rotatable bonds is 9. The van der Waals surface area contributed by atoms with Crippen molar-refractivity contribution in [3.8, 4) is 0 Å². The van der Waals surface area contributed by atoms with E-state index >= 15 is 0 Å². The molecule has 9 atom stereocenters. The number of hydrogen-bond acceptors (Lipinski definition) is 12. The summed E-state index contributed by atoms with van der Waals surface area (Å²) < 4.78 is 16.8. The Labute approximate surface area is 184 Å². The standard InChI is InChI=1S/C20H32O12/c1-9(2)5-19(32-18(8-23)16(27)13(24)11(6-21)30-18)20(29,15(26)10(3)4)17(28)14(25)12(7-22)31-19/h11-14,16-17,21-25,27-29H,1,3,5-8H2,2,4H3/t11-,12-,13-,14-,16+,17+,18?,19+,20-/m1/s1. The molecule has 2 saturated heterocycles. The van der Waals surface area contributed by atoms with Crippen molar-refractivity contribution in [1.29, 1.82) is 0 Å². The Morgan fingerprint density at radius 2 is 1.44 bits per heavy atom. The minimum atomic E-state index is -3.09. The molecule has 2 aliphatic heterocycles. The molecule has 32 heavy (non-hydrogen) atoms. The summed E-state index contributed by atoms with van der Waals surface area (Å²) in [7, 11) is 0. The zero-order valence-electron chi connectivity index (χ0n) is 17.9. The first-order valence-corrected chi connectivity index (χ1v) is 9.94. The smallest absolute Gasteiger partial charge is 0.224 e. The van der Waals surface area contributed by atoms with Crippen LogP contribution in [0.5, 0.6) is 0 Å². The minimum absolute atomic E-state index is 0.220. The topological polar surface area (TPSA) is 207 Å². The van der Waals surface area contributed by atoms with Crippen molar-refractivity contribution >= 4 is 5.78 Å². The monoisotopic (exact) mass is 464 g/mol. The molecule has 2 rings (SSSR count). The van der Waals surface area contributed by atoms with Crippen molar-refractivity contribution in [3.63, 3.8) is 0 Å². The molecule has 0 radical (unpaired) electrons. The normalized spacial score (nSPS) is 44.4. The van der Waals surface area contributed by atoms with E-state index in [4.69, 9.17) is 14.2 Å². The van der Waals surface area contributed by atoms with Gasteiger partial charge >= 0.3 is 0 Å². The van der Waals surface area contributed by atoms with Gasteiger partial charge in [-0.15, -0.1) is 0 Å². The van der Waals surface area contributed by atoms with Gasteiger partial charge < -0.3 is 55.1 Å². The van der Waals surface area contributed by atoms with E-state index in [1.54, 1.807) is 0 Å². The van der Waals surface area contributed by atoms with Crippen molar-refractivity contribution in [2.75, 3.05) is 19.8 Å². The first-order chi connectivity index (χ1) is 14.8. The zero-order valence-corrected chi connectivity index (χ0v) is 17.9. The number of Topliss-reactive ketones (excluding diaryl/α,β-unsaturated/α-hetero) is 1. The van der Waals surface area contributed by atoms with Crippen LogP contribution in [-0.4, -0.2) is 120 Å². The fourth-order valence-corrected chi connectivity index (χ4v) is 4.10. The molecule has 0 aromatic heterocycles. The summed E-state index contributed by atoms with van der Waals surface area (Å²) in [6, 6.07) is 0. The van der Waals surface area contributed by atoms with E-state index in [0.29, 0.717) is 0 Å². The van der Waals surface area contributed by atoms with Gasteiger partial charge in [0.1, 0.15) is 43.2 Å². The number of hydrogen-bond donors (Lipinski definition) is 8. The Kier molecular flexibility index (Phi) is 8.02. The highest BCUT2D eigenvalue weighted by molar-refractivity contribution is 6.02. The average molecular weight is 464 g/mol. The van der Waals surface area contributed by atoms with Crippen LogP contribution in [0, 0.1) is 0 Å². The van der Waals surface area contributed by atoms with Gasteiger partial charge in [0.05, 0.1) is 13.2 Å². The molecule has 184 valence electrons. The average Bonchev–Trinajstić information content (AvgIpc) is 2.98. The molecular formula is C20H32O12. The number of carbonyl (C=O) groups excluding carboxylic acids is 1. The van der Waals surface area contributed by atoms with Crippen LogP contribution >= 0.6 is 0 Å². The molecule has 0 amide bonds. The van der Waals surface area contributed by atoms with Crippen LogP contribution in [0.3, 0.4) is 0 Å². The second-order valence-corrected chi connectivity index (χ2v) is 8.38. The summed E-state index contributed by atoms with van der Waals surface area (Å²) in [5.74, 6) is -6.45. The van der Waals surface area contributed by atoms with E-state index in [0.717, 1.165) is 0 Å². The fourth-order valence-electron chi connectivity index (χ4n) is 4.10. The SMILES string of the molecule is C=C(C)C[C@@]1(OC2(CO)O[C@H](CO)[C@@H](O)[C@@H]2O)O[C@H](CO)[C@@H](O)[C@H](O)[C@]1(O)C(=O)C(=C)C. The van der Waals surface area contributed by atoms with Crippen molar-refractivity contribution in [2.24, 2.45) is 0 Å². The van der Waals surface area contributed by atoms with E-state index in [-0.39, 0.29) is 11.1 Å². The molecule has 12 nitrogen and oxygen atoms in total. The van der Waals surface area contributed by atoms with Crippen LogP contribution in [0.15, 0.2) is 24.3 Å².